The van der Waals surface area contributed by atoms with Crippen LogP contribution in [0.25, 0.3) is 0 Å². The number of ether oxygens (including phenoxy) is 1. The lowest BCUT2D eigenvalue weighted by Gasteiger charge is -2.14. The van der Waals surface area contributed by atoms with Gasteiger partial charge in [0.1, 0.15) is 6.04 Å². The van der Waals surface area contributed by atoms with Crippen molar-refractivity contribution in [2.45, 2.75) is 58.4 Å². The van der Waals surface area contributed by atoms with Crippen LogP contribution in [0.4, 0.5) is 4.79 Å². The highest BCUT2D eigenvalue weighted by Crippen LogP contribution is 2.04. The molecule has 0 bridgehead atoms. The Hall–Kier alpha value is -1.26. The van der Waals surface area contributed by atoms with Crippen molar-refractivity contribution in [3.63, 3.8) is 0 Å². The minimum atomic E-state index is -1.01. The first-order chi connectivity index (χ1) is 8.11. The summed E-state index contributed by atoms with van der Waals surface area (Å²) in [4.78, 5) is 22.2. The van der Waals surface area contributed by atoms with Crippen molar-refractivity contribution in [2.75, 3.05) is 6.61 Å². The van der Waals surface area contributed by atoms with Crippen LogP contribution in [0.2, 0.25) is 0 Å². The molecule has 0 aliphatic rings. The predicted octanol–water partition coefficient (Wildman–Crippen LogP) is 2.55. The number of nitrogens with one attached hydrogen (secondary N) is 1. The van der Waals surface area contributed by atoms with Crippen molar-refractivity contribution in [3.8, 4) is 0 Å². The molecule has 0 aliphatic carbocycles. The number of aliphatic carboxylic acids is 1. The molecule has 100 valence electrons. The minimum Gasteiger partial charge on any atom is -0.480 e. The van der Waals surface area contributed by atoms with Gasteiger partial charge in [0.2, 0.25) is 0 Å². The van der Waals surface area contributed by atoms with E-state index in [4.69, 9.17) is 9.84 Å². The van der Waals surface area contributed by atoms with Crippen molar-refractivity contribution in [1.82, 2.24) is 5.32 Å². The van der Waals surface area contributed by atoms with Gasteiger partial charge in [0.05, 0.1) is 6.61 Å². The molecule has 0 radical (unpaired) electrons. The molecule has 0 spiro atoms. The van der Waals surface area contributed by atoms with Crippen LogP contribution >= 0.6 is 0 Å². The number of rotatable bonds is 9. The molecule has 0 aromatic carbocycles. The second-order valence-electron chi connectivity index (χ2n) is 4.02. The molecule has 1 amide bonds. The molecule has 0 saturated carbocycles. The van der Waals surface area contributed by atoms with Gasteiger partial charge in [-0.2, -0.15) is 0 Å². The van der Waals surface area contributed by atoms with Crippen LogP contribution in [0, 0.1) is 0 Å². The molecular weight excluding hydrogens is 222 g/mol. The molecule has 0 aliphatic heterocycles. The van der Waals surface area contributed by atoms with Crippen LogP contribution in [-0.4, -0.2) is 29.8 Å². The van der Waals surface area contributed by atoms with Crippen molar-refractivity contribution >= 4 is 12.1 Å². The molecule has 0 heterocycles. The zero-order valence-electron chi connectivity index (χ0n) is 10.7. The van der Waals surface area contributed by atoms with Gasteiger partial charge in [-0.25, -0.2) is 9.59 Å². The van der Waals surface area contributed by atoms with Gasteiger partial charge in [-0.05, 0) is 12.8 Å². The fraction of sp³-hybridized carbons (Fsp3) is 0.833. The standard InChI is InChI=1S/C12H23NO4/c1-3-5-7-8-10(11(14)15)13-12(16)17-9-6-4-2/h10H,3-9H2,1-2H3,(H,13,16)(H,14,15). The fourth-order valence-electron chi connectivity index (χ4n) is 1.35. The van der Waals surface area contributed by atoms with E-state index in [0.717, 1.165) is 32.1 Å². The number of hydrogen-bond acceptors (Lipinski definition) is 3. The summed E-state index contributed by atoms with van der Waals surface area (Å²) in [5.41, 5.74) is 0. The first-order valence-electron chi connectivity index (χ1n) is 6.27. The highest BCUT2D eigenvalue weighted by atomic mass is 16.5. The highest BCUT2D eigenvalue weighted by molar-refractivity contribution is 5.79. The van der Waals surface area contributed by atoms with Gasteiger partial charge in [0, 0.05) is 0 Å². The monoisotopic (exact) mass is 245 g/mol. The summed E-state index contributed by atoms with van der Waals surface area (Å²) in [5.74, 6) is -1.01. The number of hydrogen-bond donors (Lipinski definition) is 2. The largest absolute Gasteiger partial charge is 0.480 e. The van der Waals surface area contributed by atoms with E-state index in [1.165, 1.54) is 0 Å². The van der Waals surface area contributed by atoms with Gasteiger partial charge in [0.15, 0.2) is 0 Å². The van der Waals surface area contributed by atoms with Gasteiger partial charge in [-0.3, -0.25) is 0 Å². The molecule has 5 nitrogen and oxygen atoms in total. The fourth-order valence-corrected chi connectivity index (χ4v) is 1.35. The van der Waals surface area contributed by atoms with E-state index in [0.29, 0.717) is 13.0 Å². The van der Waals surface area contributed by atoms with Crippen molar-refractivity contribution in [3.05, 3.63) is 0 Å². The number of alkyl carbamates (subject to hydrolysis) is 1. The number of carboxylic acids is 1. The second-order valence-corrected chi connectivity index (χ2v) is 4.02. The Balaban J connectivity index is 3.89. The van der Waals surface area contributed by atoms with Gasteiger partial charge in [0.25, 0.3) is 0 Å². The van der Waals surface area contributed by atoms with E-state index >= 15 is 0 Å². The highest BCUT2D eigenvalue weighted by Gasteiger charge is 2.19. The van der Waals surface area contributed by atoms with Gasteiger partial charge in [-0.1, -0.05) is 39.5 Å². The smallest absolute Gasteiger partial charge is 0.407 e. The maximum atomic E-state index is 11.3. The lowest BCUT2D eigenvalue weighted by molar-refractivity contribution is -0.139. The van der Waals surface area contributed by atoms with Crippen molar-refractivity contribution in [1.29, 1.82) is 0 Å². The molecule has 0 aromatic heterocycles. The van der Waals surface area contributed by atoms with E-state index in [1.807, 2.05) is 13.8 Å². The summed E-state index contributed by atoms with van der Waals surface area (Å²) in [6, 6.07) is -0.837. The predicted molar refractivity (Wildman–Crippen MR) is 65.0 cm³/mol. The average molecular weight is 245 g/mol. The molecule has 2 N–H and O–H groups in total. The lowest BCUT2D eigenvalue weighted by Crippen LogP contribution is -2.41. The van der Waals surface area contributed by atoms with Gasteiger partial charge >= 0.3 is 12.1 Å². The van der Waals surface area contributed by atoms with Crippen LogP contribution in [0.5, 0.6) is 0 Å². The molecule has 0 aromatic rings. The summed E-state index contributed by atoms with van der Waals surface area (Å²) < 4.78 is 4.86. The van der Waals surface area contributed by atoms with E-state index in [-0.39, 0.29) is 0 Å². The quantitative estimate of drug-likeness (QED) is 0.612. The molecule has 1 atom stereocenters. The van der Waals surface area contributed by atoms with E-state index in [9.17, 15) is 9.59 Å². The zero-order chi connectivity index (χ0) is 13.1. The SMILES string of the molecule is CCCCCC(NC(=O)OCCCC)C(=O)O. The van der Waals surface area contributed by atoms with Gasteiger partial charge < -0.3 is 15.2 Å². The Kier molecular flexibility index (Phi) is 9.19. The van der Waals surface area contributed by atoms with Crippen molar-refractivity contribution in [2.24, 2.45) is 0 Å². The Morgan fingerprint density at radius 1 is 1.18 bits per heavy atom. The molecule has 0 saturated heterocycles. The molecule has 1 unspecified atom stereocenters. The molecular formula is C12H23NO4. The van der Waals surface area contributed by atoms with E-state index in [1.54, 1.807) is 0 Å². The third-order valence-corrected chi connectivity index (χ3v) is 2.42. The zero-order valence-corrected chi connectivity index (χ0v) is 10.7. The van der Waals surface area contributed by atoms with E-state index < -0.39 is 18.1 Å². The van der Waals surface area contributed by atoms with Crippen LogP contribution in [0.1, 0.15) is 52.4 Å². The molecule has 5 heteroatoms. The number of carbonyl (C=O) groups excluding carboxylic acids is 1. The first-order valence-corrected chi connectivity index (χ1v) is 6.27. The summed E-state index contributed by atoms with van der Waals surface area (Å²) in [6.07, 6.45) is 4.33. The Bertz CT molecular complexity index is 231. The van der Waals surface area contributed by atoms with Gasteiger partial charge in [-0.15, -0.1) is 0 Å². The van der Waals surface area contributed by atoms with E-state index in [2.05, 4.69) is 5.32 Å². The third-order valence-electron chi connectivity index (χ3n) is 2.42. The Morgan fingerprint density at radius 3 is 2.35 bits per heavy atom. The average Bonchev–Trinajstić information content (AvgIpc) is 2.28. The first kappa shape index (κ1) is 15.7. The lowest BCUT2D eigenvalue weighted by atomic mass is 10.1. The minimum absolute atomic E-state index is 0.337. The topological polar surface area (TPSA) is 75.6 Å². The summed E-state index contributed by atoms with van der Waals surface area (Å²) in [5, 5.41) is 11.3. The molecule has 17 heavy (non-hydrogen) atoms. The van der Waals surface area contributed by atoms with Crippen molar-refractivity contribution < 1.29 is 19.4 Å². The van der Waals surface area contributed by atoms with Crippen LogP contribution < -0.4 is 5.32 Å². The summed E-state index contributed by atoms with van der Waals surface area (Å²) >= 11 is 0. The van der Waals surface area contributed by atoms with Crippen LogP contribution in [0.3, 0.4) is 0 Å². The second kappa shape index (κ2) is 9.93. The van der Waals surface area contributed by atoms with Crippen LogP contribution in [0.15, 0.2) is 0 Å². The molecule has 0 fully saturated rings. The third kappa shape index (κ3) is 8.54. The number of unbranched alkanes of at least 4 members (excludes halogenated alkanes) is 3. The summed E-state index contributed by atoms with van der Waals surface area (Å²) in [6.45, 7) is 4.37. The maximum absolute atomic E-state index is 11.3. The van der Waals surface area contributed by atoms with Crippen LogP contribution in [-0.2, 0) is 9.53 Å². The Labute approximate surface area is 103 Å². The number of carbonyl (C=O) groups is 2. The summed E-state index contributed by atoms with van der Waals surface area (Å²) in [7, 11) is 0. The number of carboxylic acid groups (broad SMARTS) is 1. The normalized spacial score (nSPS) is 11.9. The molecule has 0 rings (SSSR count). The number of amides is 1. The maximum Gasteiger partial charge on any atom is 0.407 e. The Morgan fingerprint density at radius 2 is 1.82 bits per heavy atom.